The molecule has 1 aromatic carbocycles. The molecule has 4 nitrogen and oxygen atoms in total. The summed E-state index contributed by atoms with van der Waals surface area (Å²) < 4.78 is 0. The molecule has 1 amide bonds. The van der Waals surface area contributed by atoms with E-state index in [4.69, 9.17) is 5.73 Å². The summed E-state index contributed by atoms with van der Waals surface area (Å²) in [6, 6.07) is 7.55. The van der Waals surface area contributed by atoms with Crippen LogP contribution in [0.5, 0.6) is 0 Å². The van der Waals surface area contributed by atoms with Gasteiger partial charge in [0.05, 0.1) is 6.04 Å². The van der Waals surface area contributed by atoms with E-state index in [0.29, 0.717) is 0 Å². The maximum atomic E-state index is 11.5. The topological polar surface area (TPSA) is 58.4 Å². The second kappa shape index (κ2) is 8.25. The Bertz CT molecular complexity index is 431. The fourth-order valence-corrected chi connectivity index (χ4v) is 2.35. The molecule has 1 saturated heterocycles. The molecule has 1 aliphatic heterocycles. The van der Waals surface area contributed by atoms with Crippen LogP contribution in [0.4, 0.5) is 5.69 Å². The van der Waals surface area contributed by atoms with E-state index in [9.17, 15) is 4.79 Å². The highest BCUT2D eigenvalue weighted by Crippen LogP contribution is 2.13. The van der Waals surface area contributed by atoms with E-state index in [-0.39, 0.29) is 18.3 Å². The molecule has 112 valence electrons. The number of amides is 1. The quantitative estimate of drug-likeness (QED) is 0.874. The van der Waals surface area contributed by atoms with Crippen LogP contribution in [0.25, 0.3) is 0 Å². The van der Waals surface area contributed by atoms with E-state index < -0.39 is 6.04 Å². The zero-order chi connectivity index (χ0) is 13.7. The Labute approximate surface area is 127 Å². The van der Waals surface area contributed by atoms with Gasteiger partial charge in [-0.1, -0.05) is 12.1 Å². The van der Waals surface area contributed by atoms with E-state index in [1.165, 1.54) is 31.5 Å². The van der Waals surface area contributed by atoms with Crippen molar-refractivity contribution in [3.63, 3.8) is 0 Å². The highest BCUT2D eigenvalue weighted by molar-refractivity contribution is 5.94. The van der Waals surface area contributed by atoms with Gasteiger partial charge in [-0.05, 0) is 57.0 Å². The molecule has 0 bridgehead atoms. The Morgan fingerprint density at radius 2 is 2.10 bits per heavy atom. The van der Waals surface area contributed by atoms with Crippen LogP contribution in [0, 0.1) is 0 Å². The van der Waals surface area contributed by atoms with Gasteiger partial charge < -0.3 is 16.0 Å². The number of likely N-dealkylation sites (tertiary alicyclic amines) is 1. The molecule has 20 heavy (non-hydrogen) atoms. The molecule has 0 aromatic heterocycles. The lowest BCUT2D eigenvalue weighted by Crippen LogP contribution is -2.32. The fourth-order valence-electron chi connectivity index (χ4n) is 2.35. The third-order valence-corrected chi connectivity index (χ3v) is 3.52. The Hall–Kier alpha value is -1.10. The number of benzene rings is 1. The molecular formula is C15H24ClN3O. The van der Waals surface area contributed by atoms with Crippen LogP contribution in [0.1, 0.15) is 25.3 Å². The molecule has 5 heteroatoms. The highest BCUT2D eigenvalue weighted by Gasteiger charge is 2.11. The third kappa shape index (κ3) is 5.12. The first-order valence-electron chi connectivity index (χ1n) is 7.03. The number of halogens is 1. The number of nitrogens with one attached hydrogen (secondary N) is 1. The molecule has 1 aliphatic rings. The standard InChI is InChI=1S/C15H23N3O.ClH/c1-12(16)15(19)17-14-6-4-5-13(11-14)7-10-18-8-2-3-9-18;/h4-6,11-12H,2-3,7-10,16H2,1H3,(H,17,19);1H. The summed E-state index contributed by atoms with van der Waals surface area (Å²) >= 11 is 0. The molecule has 0 aliphatic carbocycles. The lowest BCUT2D eigenvalue weighted by atomic mass is 10.1. The van der Waals surface area contributed by atoms with E-state index in [2.05, 4.69) is 16.3 Å². The Kier molecular flexibility index (Phi) is 6.99. The van der Waals surface area contributed by atoms with Gasteiger partial charge >= 0.3 is 0 Å². The van der Waals surface area contributed by atoms with Crippen molar-refractivity contribution in [1.29, 1.82) is 0 Å². The molecular weight excluding hydrogens is 274 g/mol. The van der Waals surface area contributed by atoms with Crippen molar-refractivity contribution in [2.75, 3.05) is 25.0 Å². The molecule has 1 unspecified atom stereocenters. The highest BCUT2D eigenvalue weighted by atomic mass is 35.5. The zero-order valence-electron chi connectivity index (χ0n) is 12.0. The van der Waals surface area contributed by atoms with Crippen LogP contribution in [0.3, 0.4) is 0 Å². The Balaban J connectivity index is 0.00000200. The Morgan fingerprint density at radius 3 is 2.75 bits per heavy atom. The molecule has 1 aromatic rings. The third-order valence-electron chi connectivity index (χ3n) is 3.52. The second-order valence-corrected chi connectivity index (χ2v) is 5.28. The summed E-state index contributed by atoms with van der Waals surface area (Å²) in [4.78, 5) is 14.0. The van der Waals surface area contributed by atoms with Gasteiger partial charge in [-0.15, -0.1) is 12.4 Å². The van der Waals surface area contributed by atoms with Gasteiger partial charge in [0.1, 0.15) is 0 Å². The minimum Gasteiger partial charge on any atom is -0.325 e. The van der Waals surface area contributed by atoms with Crippen LogP contribution in [-0.2, 0) is 11.2 Å². The molecule has 3 N–H and O–H groups in total. The summed E-state index contributed by atoms with van der Waals surface area (Å²) in [5, 5.41) is 2.83. The number of anilines is 1. The first-order valence-corrected chi connectivity index (χ1v) is 7.03. The van der Waals surface area contributed by atoms with Crippen molar-refractivity contribution in [3.8, 4) is 0 Å². The molecule has 0 spiro atoms. The molecule has 2 rings (SSSR count). The maximum Gasteiger partial charge on any atom is 0.240 e. The predicted octanol–water partition coefficient (Wildman–Crippen LogP) is 2.03. The molecule has 0 saturated carbocycles. The van der Waals surface area contributed by atoms with Crippen molar-refractivity contribution in [2.24, 2.45) is 5.73 Å². The van der Waals surface area contributed by atoms with E-state index in [1.807, 2.05) is 18.2 Å². The average Bonchev–Trinajstić information content (AvgIpc) is 2.90. The summed E-state index contributed by atoms with van der Waals surface area (Å²) in [5.74, 6) is -0.142. The zero-order valence-corrected chi connectivity index (χ0v) is 12.8. The van der Waals surface area contributed by atoms with Crippen molar-refractivity contribution in [1.82, 2.24) is 4.90 Å². The SMILES string of the molecule is CC(N)C(=O)Nc1cccc(CCN2CCCC2)c1.Cl. The van der Waals surface area contributed by atoms with Crippen LogP contribution < -0.4 is 11.1 Å². The monoisotopic (exact) mass is 297 g/mol. The Morgan fingerprint density at radius 1 is 1.40 bits per heavy atom. The summed E-state index contributed by atoms with van der Waals surface area (Å²) in [6.45, 7) is 5.24. The second-order valence-electron chi connectivity index (χ2n) is 5.28. The lowest BCUT2D eigenvalue weighted by molar-refractivity contribution is -0.117. The molecule has 1 atom stereocenters. The van der Waals surface area contributed by atoms with Gasteiger partial charge in [-0.3, -0.25) is 4.79 Å². The fraction of sp³-hybridized carbons (Fsp3) is 0.533. The van der Waals surface area contributed by atoms with Gasteiger partial charge in [-0.25, -0.2) is 0 Å². The van der Waals surface area contributed by atoms with Crippen molar-refractivity contribution >= 4 is 24.0 Å². The largest absolute Gasteiger partial charge is 0.325 e. The van der Waals surface area contributed by atoms with Crippen LogP contribution in [0.15, 0.2) is 24.3 Å². The van der Waals surface area contributed by atoms with Crippen LogP contribution in [0.2, 0.25) is 0 Å². The number of nitrogens with zero attached hydrogens (tertiary/aromatic N) is 1. The molecule has 0 radical (unpaired) electrons. The summed E-state index contributed by atoms with van der Waals surface area (Å²) in [6.07, 6.45) is 3.68. The average molecular weight is 298 g/mol. The van der Waals surface area contributed by atoms with Gasteiger partial charge in [0.25, 0.3) is 0 Å². The van der Waals surface area contributed by atoms with E-state index in [0.717, 1.165) is 18.7 Å². The molecule has 1 heterocycles. The lowest BCUT2D eigenvalue weighted by Gasteiger charge is -2.15. The first-order chi connectivity index (χ1) is 9.15. The first kappa shape index (κ1) is 17.0. The van der Waals surface area contributed by atoms with Crippen LogP contribution in [-0.4, -0.2) is 36.5 Å². The minimum atomic E-state index is -0.478. The number of rotatable bonds is 5. The minimum absolute atomic E-state index is 0. The smallest absolute Gasteiger partial charge is 0.240 e. The maximum absolute atomic E-state index is 11.5. The van der Waals surface area contributed by atoms with Gasteiger partial charge in [0.15, 0.2) is 0 Å². The van der Waals surface area contributed by atoms with Gasteiger partial charge in [0.2, 0.25) is 5.91 Å². The van der Waals surface area contributed by atoms with Crippen molar-refractivity contribution < 1.29 is 4.79 Å². The number of carbonyl (C=O) groups is 1. The number of hydrogen-bond donors (Lipinski definition) is 2. The summed E-state index contributed by atoms with van der Waals surface area (Å²) in [7, 11) is 0. The van der Waals surface area contributed by atoms with Crippen molar-refractivity contribution in [3.05, 3.63) is 29.8 Å². The van der Waals surface area contributed by atoms with Gasteiger partial charge in [0, 0.05) is 12.2 Å². The normalized spacial score (nSPS) is 16.5. The predicted molar refractivity (Wildman–Crippen MR) is 85.3 cm³/mol. The van der Waals surface area contributed by atoms with E-state index >= 15 is 0 Å². The van der Waals surface area contributed by atoms with E-state index in [1.54, 1.807) is 6.92 Å². The molecule has 1 fully saturated rings. The van der Waals surface area contributed by atoms with Crippen LogP contribution >= 0.6 is 12.4 Å². The van der Waals surface area contributed by atoms with Crippen molar-refractivity contribution in [2.45, 2.75) is 32.2 Å². The number of carbonyl (C=O) groups excluding carboxylic acids is 1. The number of hydrogen-bond acceptors (Lipinski definition) is 3. The number of nitrogens with two attached hydrogens (primary N) is 1. The van der Waals surface area contributed by atoms with Gasteiger partial charge in [-0.2, -0.15) is 0 Å². The summed E-state index contributed by atoms with van der Waals surface area (Å²) in [5.41, 5.74) is 7.64.